The Morgan fingerprint density at radius 3 is 2.19 bits per heavy atom. The summed E-state index contributed by atoms with van der Waals surface area (Å²) in [6.07, 6.45) is 1.86. The van der Waals surface area contributed by atoms with Gasteiger partial charge in [0, 0.05) is 41.5 Å². The van der Waals surface area contributed by atoms with Crippen LogP contribution < -0.4 is 19.5 Å². The van der Waals surface area contributed by atoms with E-state index in [9.17, 15) is 9.59 Å². The van der Waals surface area contributed by atoms with Crippen LogP contribution in [0.2, 0.25) is 0 Å². The molecule has 0 heterocycles. The maximum atomic E-state index is 12.6. The van der Waals surface area contributed by atoms with Gasteiger partial charge in [-0.2, -0.15) is 0 Å². The molecular weight excluding hydrogens is 455 g/mol. The zero-order chi connectivity index (χ0) is 20.0. The Labute approximate surface area is 176 Å². The molecule has 1 aliphatic carbocycles. The van der Waals surface area contributed by atoms with Gasteiger partial charge in [-0.3, -0.25) is 13.1 Å². The van der Waals surface area contributed by atoms with E-state index in [0.717, 1.165) is 12.8 Å². The number of halogens is 1. The SMILES string of the molecule is CCNC(=O)[C@@H](NC(=O)[C@H](C)NCC1(NI)Cc2ccccc2C1)C(C)C. The molecule has 0 aliphatic heterocycles. The first-order valence-corrected chi connectivity index (χ1v) is 10.7. The van der Waals surface area contributed by atoms with Crippen LogP contribution in [0.1, 0.15) is 38.8 Å². The first kappa shape index (κ1) is 22.1. The quantitative estimate of drug-likeness (QED) is 0.317. The summed E-state index contributed by atoms with van der Waals surface area (Å²) >= 11 is 2.21. The number of benzene rings is 1. The topological polar surface area (TPSA) is 82.3 Å². The lowest BCUT2D eigenvalue weighted by atomic mass is 9.96. The third kappa shape index (κ3) is 5.65. The molecular formula is C20H31IN4O2. The van der Waals surface area contributed by atoms with Crippen LogP contribution in [0.25, 0.3) is 0 Å². The molecule has 150 valence electrons. The van der Waals surface area contributed by atoms with Crippen LogP contribution in [0.3, 0.4) is 0 Å². The van der Waals surface area contributed by atoms with Gasteiger partial charge in [0.05, 0.1) is 6.04 Å². The molecule has 2 rings (SSSR count). The van der Waals surface area contributed by atoms with Crippen LogP contribution in [0, 0.1) is 5.92 Å². The van der Waals surface area contributed by atoms with Crippen molar-refractivity contribution in [3.05, 3.63) is 35.4 Å². The van der Waals surface area contributed by atoms with E-state index in [1.54, 1.807) is 0 Å². The van der Waals surface area contributed by atoms with Gasteiger partial charge in [-0.25, -0.2) is 0 Å². The average molecular weight is 486 g/mol. The number of hydrogen-bond acceptors (Lipinski definition) is 4. The van der Waals surface area contributed by atoms with Crippen LogP contribution in [-0.2, 0) is 22.4 Å². The van der Waals surface area contributed by atoms with E-state index in [1.165, 1.54) is 11.1 Å². The molecule has 0 bridgehead atoms. The lowest BCUT2D eigenvalue weighted by Gasteiger charge is -2.30. The van der Waals surface area contributed by atoms with Crippen LogP contribution in [0.4, 0.5) is 0 Å². The van der Waals surface area contributed by atoms with Crippen LogP contribution in [-0.4, -0.2) is 42.5 Å². The van der Waals surface area contributed by atoms with Crippen molar-refractivity contribution < 1.29 is 9.59 Å². The van der Waals surface area contributed by atoms with Gasteiger partial charge >= 0.3 is 0 Å². The third-order valence-electron chi connectivity index (χ3n) is 5.11. The standard InChI is InChI=1S/C20H31IN4O2/c1-5-22-19(27)17(13(2)3)24-18(26)14(4)23-12-20(25-21)10-15-8-6-7-9-16(15)11-20/h6-9,13-14,17,23,25H,5,10-12H2,1-4H3,(H,22,27)(H,24,26)/t14-,17-/m0/s1. The van der Waals surface area contributed by atoms with Crippen molar-refractivity contribution in [1.82, 2.24) is 19.5 Å². The number of hydrogen-bond donors (Lipinski definition) is 4. The largest absolute Gasteiger partial charge is 0.355 e. The van der Waals surface area contributed by atoms with Gasteiger partial charge in [-0.15, -0.1) is 0 Å². The second-order valence-corrected chi connectivity index (χ2v) is 8.26. The summed E-state index contributed by atoms with van der Waals surface area (Å²) in [6.45, 7) is 8.81. The van der Waals surface area contributed by atoms with Gasteiger partial charge in [0.15, 0.2) is 0 Å². The van der Waals surface area contributed by atoms with Gasteiger partial charge in [0.2, 0.25) is 11.8 Å². The number of rotatable bonds is 9. The van der Waals surface area contributed by atoms with Crippen molar-refractivity contribution in [2.45, 2.75) is 58.2 Å². The van der Waals surface area contributed by atoms with E-state index in [1.807, 2.05) is 27.7 Å². The maximum Gasteiger partial charge on any atom is 0.242 e. The van der Waals surface area contributed by atoms with Crippen molar-refractivity contribution in [3.63, 3.8) is 0 Å². The summed E-state index contributed by atoms with van der Waals surface area (Å²) in [5.41, 5.74) is 2.61. The first-order valence-electron chi connectivity index (χ1n) is 9.58. The predicted octanol–water partition coefficient (Wildman–Crippen LogP) is 1.72. The lowest BCUT2D eigenvalue weighted by molar-refractivity contribution is -0.130. The first-order chi connectivity index (χ1) is 12.8. The Balaban J connectivity index is 1.93. The zero-order valence-corrected chi connectivity index (χ0v) is 18.7. The molecule has 1 aliphatic rings. The number of carbonyl (C=O) groups excluding carboxylic acids is 2. The van der Waals surface area contributed by atoms with E-state index in [4.69, 9.17) is 0 Å². The van der Waals surface area contributed by atoms with Crippen molar-refractivity contribution in [3.8, 4) is 0 Å². The number of likely N-dealkylation sites (N-methyl/N-ethyl adjacent to an activating group) is 1. The van der Waals surface area contributed by atoms with E-state index in [0.29, 0.717) is 13.1 Å². The number of fused-ring (bicyclic) bond motifs is 1. The second-order valence-electron chi connectivity index (χ2n) is 7.72. The molecule has 0 fully saturated rings. The second kappa shape index (κ2) is 9.84. The minimum absolute atomic E-state index is 0.0272. The predicted molar refractivity (Wildman–Crippen MR) is 117 cm³/mol. The molecule has 0 saturated heterocycles. The summed E-state index contributed by atoms with van der Waals surface area (Å²) in [4.78, 5) is 24.8. The molecule has 0 spiro atoms. The van der Waals surface area contributed by atoms with Gasteiger partial charge in [-0.1, -0.05) is 38.1 Å². The Kier molecular flexibility index (Phi) is 8.05. The highest BCUT2D eigenvalue weighted by molar-refractivity contribution is 14.1. The van der Waals surface area contributed by atoms with E-state index in [-0.39, 0.29) is 29.3 Å². The Hall–Kier alpha value is -1.19. The summed E-state index contributed by atoms with van der Waals surface area (Å²) in [5.74, 6) is -0.261. The molecule has 0 saturated carbocycles. The Morgan fingerprint density at radius 2 is 1.70 bits per heavy atom. The van der Waals surface area contributed by atoms with Crippen LogP contribution >= 0.6 is 22.9 Å². The fourth-order valence-corrected chi connectivity index (χ4v) is 4.03. The van der Waals surface area contributed by atoms with E-state index >= 15 is 0 Å². The summed E-state index contributed by atoms with van der Waals surface area (Å²) in [5, 5.41) is 9.03. The highest BCUT2D eigenvalue weighted by Gasteiger charge is 2.37. The van der Waals surface area contributed by atoms with Gasteiger partial charge in [-0.05, 0) is 43.7 Å². The lowest BCUT2D eigenvalue weighted by Crippen LogP contribution is -2.57. The van der Waals surface area contributed by atoms with Crippen molar-refractivity contribution >= 4 is 34.7 Å². The summed E-state index contributed by atoms with van der Waals surface area (Å²) in [7, 11) is 0. The maximum absolute atomic E-state index is 12.6. The minimum atomic E-state index is -0.519. The van der Waals surface area contributed by atoms with E-state index in [2.05, 4.69) is 66.6 Å². The van der Waals surface area contributed by atoms with Gasteiger partial charge in [0.1, 0.15) is 6.04 Å². The minimum Gasteiger partial charge on any atom is -0.355 e. The molecule has 0 aromatic heterocycles. The molecule has 4 N–H and O–H groups in total. The Bertz CT molecular complexity index is 640. The monoisotopic (exact) mass is 486 g/mol. The number of amides is 2. The molecule has 2 atom stereocenters. The van der Waals surface area contributed by atoms with Gasteiger partial charge < -0.3 is 16.0 Å². The number of nitrogens with one attached hydrogen (secondary N) is 4. The highest BCUT2D eigenvalue weighted by Crippen LogP contribution is 2.30. The Morgan fingerprint density at radius 1 is 1.11 bits per heavy atom. The molecule has 7 heteroatoms. The molecule has 1 aromatic rings. The fourth-order valence-electron chi connectivity index (χ4n) is 3.46. The summed E-state index contributed by atoms with van der Waals surface area (Å²) < 4.78 is 3.42. The molecule has 1 aromatic carbocycles. The molecule has 2 amide bonds. The van der Waals surface area contributed by atoms with Crippen LogP contribution in [0.5, 0.6) is 0 Å². The normalized spacial score (nSPS) is 17.3. The molecule has 27 heavy (non-hydrogen) atoms. The molecule has 6 nitrogen and oxygen atoms in total. The van der Waals surface area contributed by atoms with Crippen molar-refractivity contribution in [2.24, 2.45) is 5.92 Å². The number of carbonyl (C=O) groups is 2. The smallest absolute Gasteiger partial charge is 0.242 e. The third-order valence-corrected chi connectivity index (χ3v) is 6.26. The van der Waals surface area contributed by atoms with Crippen molar-refractivity contribution in [1.29, 1.82) is 0 Å². The van der Waals surface area contributed by atoms with E-state index < -0.39 is 6.04 Å². The van der Waals surface area contributed by atoms with Gasteiger partial charge in [0.25, 0.3) is 0 Å². The van der Waals surface area contributed by atoms with Crippen molar-refractivity contribution in [2.75, 3.05) is 13.1 Å². The highest BCUT2D eigenvalue weighted by atomic mass is 127. The zero-order valence-electron chi connectivity index (χ0n) is 16.6. The summed E-state index contributed by atoms with van der Waals surface area (Å²) in [6, 6.07) is 7.57. The fraction of sp³-hybridized carbons (Fsp3) is 0.600. The van der Waals surface area contributed by atoms with Crippen LogP contribution in [0.15, 0.2) is 24.3 Å². The average Bonchev–Trinajstić information content (AvgIpc) is 3.03. The molecule has 0 unspecified atom stereocenters. The molecule has 0 radical (unpaired) electrons.